The lowest BCUT2D eigenvalue weighted by Crippen LogP contribution is -2.40. The zero-order valence-corrected chi connectivity index (χ0v) is 12.3. The Balaban J connectivity index is 1.79. The van der Waals surface area contributed by atoms with Gasteiger partial charge in [-0.15, -0.1) is 11.3 Å². The van der Waals surface area contributed by atoms with Crippen LogP contribution in [0, 0.1) is 0 Å². The van der Waals surface area contributed by atoms with Crippen molar-refractivity contribution in [2.45, 2.75) is 64.1 Å². The summed E-state index contributed by atoms with van der Waals surface area (Å²) in [6.45, 7) is 5.72. The summed E-state index contributed by atoms with van der Waals surface area (Å²) in [5, 5.41) is 10.6. The quantitative estimate of drug-likeness (QED) is 0.831. The van der Waals surface area contributed by atoms with Gasteiger partial charge in [-0.2, -0.15) is 0 Å². The molecule has 1 aliphatic heterocycles. The summed E-state index contributed by atoms with van der Waals surface area (Å²) < 4.78 is 0. The van der Waals surface area contributed by atoms with Crippen LogP contribution in [0.15, 0.2) is 11.6 Å². The first-order chi connectivity index (χ1) is 8.79. The Labute approximate surface area is 114 Å². The highest BCUT2D eigenvalue weighted by Gasteiger charge is 2.19. The van der Waals surface area contributed by atoms with E-state index in [1.54, 1.807) is 11.3 Å². The Morgan fingerprint density at radius 2 is 2.44 bits per heavy atom. The lowest BCUT2D eigenvalue weighted by Gasteiger charge is -2.28. The monoisotopic (exact) mass is 267 g/mol. The number of thiazole rings is 1. The number of rotatable bonds is 6. The van der Waals surface area contributed by atoms with Gasteiger partial charge in [-0.25, -0.2) is 4.98 Å². The van der Waals surface area contributed by atoms with Crippen molar-refractivity contribution < 1.29 is 0 Å². The van der Waals surface area contributed by atoms with Gasteiger partial charge in [-0.05, 0) is 39.2 Å². The maximum Gasteiger partial charge on any atom is 0.109 e. The molecule has 2 rings (SSSR count). The molecule has 0 radical (unpaired) electrons. The van der Waals surface area contributed by atoms with Gasteiger partial charge in [0, 0.05) is 23.7 Å². The van der Waals surface area contributed by atoms with Gasteiger partial charge >= 0.3 is 0 Å². The lowest BCUT2D eigenvalue weighted by molar-refractivity contribution is 0.327. The molecule has 0 amide bonds. The van der Waals surface area contributed by atoms with E-state index in [-0.39, 0.29) is 0 Å². The minimum atomic E-state index is 0.420. The number of hydrogen-bond donors (Lipinski definition) is 2. The highest BCUT2D eigenvalue weighted by atomic mass is 32.1. The molecule has 0 aromatic carbocycles. The van der Waals surface area contributed by atoms with E-state index in [9.17, 15) is 0 Å². The minimum Gasteiger partial charge on any atom is -0.314 e. The zero-order chi connectivity index (χ0) is 12.8. The molecular weight excluding hydrogens is 242 g/mol. The first-order valence-electron chi connectivity index (χ1n) is 7.18. The first kappa shape index (κ1) is 14.0. The predicted octanol–water partition coefficient (Wildman–Crippen LogP) is 3.10. The van der Waals surface area contributed by atoms with Gasteiger partial charge in [-0.3, -0.25) is 0 Å². The van der Waals surface area contributed by atoms with E-state index in [4.69, 9.17) is 0 Å². The van der Waals surface area contributed by atoms with Crippen molar-refractivity contribution in [2.75, 3.05) is 6.54 Å². The van der Waals surface area contributed by atoms with Crippen LogP contribution in [0.5, 0.6) is 0 Å². The molecule has 1 fully saturated rings. The second kappa shape index (κ2) is 7.22. The van der Waals surface area contributed by atoms with Gasteiger partial charge in [0.2, 0.25) is 0 Å². The third-order valence-corrected chi connectivity index (χ3v) is 4.58. The summed E-state index contributed by atoms with van der Waals surface area (Å²) in [5.74, 6) is 0. The van der Waals surface area contributed by atoms with Crippen LogP contribution in [0.1, 0.15) is 57.0 Å². The van der Waals surface area contributed by atoms with Gasteiger partial charge in [0.05, 0.1) is 6.04 Å². The highest BCUT2D eigenvalue weighted by Crippen LogP contribution is 2.21. The Morgan fingerprint density at radius 3 is 3.06 bits per heavy atom. The van der Waals surface area contributed by atoms with E-state index in [0.29, 0.717) is 18.1 Å². The Hall–Kier alpha value is -0.450. The normalized spacial score (nSPS) is 23.8. The number of hydrogen-bond acceptors (Lipinski definition) is 4. The Kier molecular flexibility index (Phi) is 5.60. The number of nitrogens with one attached hydrogen (secondary N) is 2. The van der Waals surface area contributed by atoms with Crippen LogP contribution in [0.4, 0.5) is 0 Å². The third kappa shape index (κ3) is 4.04. The van der Waals surface area contributed by atoms with Gasteiger partial charge in [0.1, 0.15) is 5.01 Å². The molecule has 1 aromatic rings. The fourth-order valence-corrected chi connectivity index (χ4v) is 3.52. The summed E-state index contributed by atoms with van der Waals surface area (Å²) in [4.78, 5) is 4.43. The van der Waals surface area contributed by atoms with E-state index in [0.717, 1.165) is 6.42 Å². The zero-order valence-electron chi connectivity index (χ0n) is 11.5. The standard InChI is InChI=1S/C14H25N3S/c1-3-13(14-16-8-9-18-14)17-11(2)10-12-6-4-5-7-15-12/h8-9,11-13,15,17H,3-7,10H2,1-2H3. The van der Waals surface area contributed by atoms with Crippen molar-refractivity contribution in [1.29, 1.82) is 0 Å². The fourth-order valence-electron chi connectivity index (χ4n) is 2.73. The molecule has 102 valence electrons. The van der Waals surface area contributed by atoms with Crippen molar-refractivity contribution in [3.63, 3.8) is 0 Å². The number of nitrogens with zero attached hydrogens (tertiary/aromatic N) is 1. The molecule has 0 saturated carbocycles. The topological polar surface area (TPSA) is 37.0 Å². The molecule has 0 spiro atoms. The second-order valence-electron chi connectivity index (χ2n) is 5.28. The largest absolute Gasteiger partial charge is 0.314 e. The average Bonchev–Trinajstić information content (AvgIpc) is 2.91. The van der Waals surface area contributed by atoms with Crippen LogP contribution in [0.2, 0.25) is 0 Å². The molecule has 0 bridgehead atoms. The number of piperidine rings is 1. The van der Waals surface area contributed by atoms with E-state index >= 15 is 0 Å². The van der Waals surface area contributed by atoms with Gasteiger partial charge < -0.3 is 10.6 Å². The highest BCUT2D eigenvalue weighted by molar-refractivity contribution is 7.09. The molecule has 0 aliphatic carbocycles. The molecule has 1 aromatic heterocycles. The molecule has 2 heterocycles. The van der Waals surface area contributed by atoms with E-state index in [1.807, 2.05) is 6.20 Å². The molecular formula is C14H25N3S. The van der Waals surface area contributed by atoms with Crippen LogP contribution < -0.4 is 10.6 Å². The smallest absolute Gasteiger partial charge is 0.109 e. The van der Waals surface area contributed by atoms with E-state index < -0.39 is 0 Å². The fraction of sp³-hybridized carbons (Fsp3) is 0.786. The maximum atomic E-state index is 4.43. The summed E-state index contributed by atoms with van der Waals surface area (Å²) in [6, 6.07) is 1.67. The van der Waals surface area contributed by atoms with Crippen LogP contribution >= 0.6 is 11.3 Å². The summed E-state index contributed by atoms with van der Waals surface area (Å²) in [7, 11) is 0. The molecule has 1 saturated heterocycles. The molecule has 3 unspecified atom stereocenters. The maximum absolute atomic E-state index is 4.43. The van der Waals surface area contributed by atoms with Crippen molar-refractivity contribution in [3.05, 3.63) is 16.6 Å². The Morgan fingerprint density at radius 1 is 1.56 bits per heavy atom. The van der Waals surface area contributed by atoms with Gasteiger partial charge in [0.25, 0.3) is 0 Å². The van der Waals surface area contributed by atoms with E-state index in [2.05, 4.69) is 34.8 Å². The van der Waals surface area contributed by atoms with Crippen molar-refractivity contribution >= 4 is 11.3 Å². The molecule has 18 heavy (non-hydrogen) atoms. The van der Waals surface area contributed by atoms with Crippen LogP contribution in [0.25, 0.3) is 0 Å². The van der Waals surface area contributed by atoms with Gasteiger partial charge in [-0.1, -0.05) is 13.3 Å². The molecule has 4 heteroatoms. The summed E-state index contributed by atoms with van der Waals surface area (Å²) in [5.41, 5.74) is 0. The molecule has 3 nitrogen and oxygen atoms in total. The Bertz CT molecular complexity index is 320. The molecule has 2 N–H and O–H groups in total. The SMILES string of the molecule is CCC(NC(C)CC1CCCCN1)c1nccs1. The summed E-state index contributed by atoms with van der Waals surface area (Å²) >= 11 is 1.75. The minimum absolute atomic E-state index is 0.420. The van der Waals surface area contributed by atoms with Crippen molar-refractivity contribution in [1.82, 2.24) is 15.6 Å². The van der Waals surface area contributed by atoms with Crippen LogP contribution in [-0.4, -0.2) is 23.6 Å². The van der Waals surface area contributed by atoms with E-state index in [1.165, 1.54) is 37.2 Å². The van der Waals surface area contributed by atoms with Crippen LogP contribution in [0.3, 0.4) is 0 Å². The number of aromatic nitrogens is 1. The van der Waals surface area contributed by atoms with Crippen molar-refractivity contribution in [2.24, 2.45) is 0 Å². The van der Waals surface area contributed by atoms with Crippen LogP contribution in [-0.2, 0) is 0 Å². The third-order valence-electron chi connectivity index (χ3n) is 3.69. The summed E-state index contributed by atoms with van der Waals surface area (Å²) in [6.07, 6.45) is 8.29. The first-order valence-corrected chi connectivity index (χ1v) is 8.06. The molecule has 3 atom stereocenters. The lowest BCUT2D eigenvalue weighted by atomic mass is 9.98. The average molecular weight is 267 g/mol. The van der Waals surface area contributed by atoms with Crippen molar-refractivity contribution in [3.8, 4) is 0 Å². The predicted molar refractivity (Wildman–Crippen MR) is 78.0 cm³/mol. The van der Waals surface area contributed by atoms with Gasteiger partial charge in [0.15, 0.2) is 0 Å². The molecule has 1 aliphatic rings. The second-order valence-corrected chi connectivity index (χ2v) is 6.21.